The molecule has 1 fully saturated rings. The molecule has 1 aliphatic rings. The van der Waals surface area contributed by atoms with Crippen molar-refractivity contribution in [3.63, 3.8) is 0 Å². The molecule has 2 rings (SSSR count). The Bertz CT molecular complexity index is 464. The largest absolute Gasteiger partial charge is 0.376 e. The maximum absolute atomic E-state index is 11.9. The highest BCUT2D eigenvalue weighted by Gasteiger charge is 2.21. The average Bonchev–Trinajstić information content (AvgIpc) is 2.48. The lowest BCUT2D eigenvalue weighted by Crippen LogP contribution is -2.32. The van der Waals surface area contributed by atoms with Gasteiger partial charge < -0.3 is 10.1 Å². The first-order valence-corrected chi connectivity index (χ1v) is 8.16. The van der Waals surface area contributed by atoms with Crippen molar-refractivity contribution in [3.05, 3.63) is 34.9 Å². The van der Waals surface area contributed by atoms with Gasteiger partial charge in [0.15, 0.2) is 0 Å². The van der Waals surface area contributed by atoms with Crippen molar-refractivity contribution in [2.45, 2.75) is 45.1 Å². The van der Waals surface area contributed by atoms with Crippen LogP contribution >= 0.6 is 11.6 Å². The number of ether oxygens (including phenoxy) is 1. The molecule has 1 aliphatic carbocycles. The van der Waals surface area contributed by atoms with Gasteiger partial charge in [-0.3, -0.25) is 4.79 Å². The SMILES string of the molecule is C[C@@H]1CCCC[C@H]1OCCNC(=O)Cc1ccccc1Cl. The number of nitrogens with one attached hydrogen (secondary N) is 1. The fourth-order valence-corrected chi connectivity index (χ4v) is 3.01. The summed E-state index contributed by atoms with van der Waals surface area (Å²) in [6.45, 7) is 3.40. The Balaban J connectivity index is 1.64. The summed E-state index contributed by atoms with van der Waals surface area (Å²) in [5, 5.41) is 3.53. The summed E-state index contributed by atoms with van der Waals surface area (Å²) in [4.78, 5) is 11.9. The van der Waals surface area contributed by atoms with Gasteiger partial charge in [0.25, 0.3) is 0 Å². The third-order valence-electron chi connectivity index (χ3n) is 4.10. The van der Waals surface area contributed by atoms with Gasteiger partial charge in [0.1, 0.15) is 0 Å². The van der Waals surface area contributed by atoms with Crippen molar-refractivity contribution in [2.24, 2.45) is 5.92 Å². The molecule has 0 aromatic heterocycles. The van der Waals surface area contributed by atoms with E-state index in [-0.39, 0.29) is 5.91 Å². The second-order valence-corrected chi connectivity index (χ2v) is 6.20. The lowest BCUT2D eigenvalue weighted by atomic mass is 9.88. The van der Waals surface area contributed by atoms with Crippen LogP contribution in [0.25, 0.3) is 0 Å². The van der Waals surface area contributed by atoms with Crippen LogP contribution in [-0.4, -0.2) is 25.2 Å². The van der Waals surface area contributed by atoms with Gasteiger partial charge in [-0.25, -0.2) is 0 Å². The molecule has 0 saturated heterocycles. The van der Waals surface area contributed by atoms with Gasteiger partial charge in [-0.05, 0) is 30.4 Å². The van der Waals surface area contributed by atoms with Crippen molar-refractivity contribution in [2.75, 3.05) is 13.2 Å². The van der Waals surface area contributed by atoms with Crippen molar-refractivity contribution in [1.82, 2.24) is 5.32 Å². The normalized spacial score (nSPS) is 22.0. The predicted molar refractivity (Wildman–Crippen MR) is 85.5 cm³/mol. The highest BCUT2D eigenvalue weighted by Crippen LogP contribution is 2.25. The molecule has 1 N–H and O–H groups in total. The second kappa shape index (κ2) is 8.40. The van der Waals surface area contributed by atoms with E-state index in [9.17, 15) is 4.79 Å². The quantitative estimate of drug-likeness (QED) is 0.815. The van der Waals surface area contributed by atoms with E-state index in [1.54, 1.807) is 6.07 Å². The third kappa shape index (κ3) is 5.33. The van der Waals surface area contributed by atoms with E-state index in [0.717, 1.165) is 12.0 Å². The van der Waals surface area contributed by atoms with Crippen LogP contribution < -0.4 is 5.32 Å². The molecule has 1 aromatic rings. The molecule has 21 heavy (non-hydrogen) atoms. The maximum atomic E-state index is 11.9. The van der Waals surface area contributed by atoms with Gasteiger partial charge in [0.2, 0.25) is 5.91 Å². The van der Waals surface area contributed by atoms with E-state index in [4.69, 9.17) is 16.3 Å². The van der Waals surface area contributed by atoms with Crippen LogP contribution in [0.15, 0.2) is 24.3 Å². The van der Waals surface area contributed by atoms with Crippen molar-refractivity contribution >= 4 is 17.5 Å². The summed E-state index contributed by atoms with van der Waals surface area (Å²) in [6, 6.07) is 7.44. The number of halogens is 1. The summed E-state index contributed by atoms with van der Waals surface area (Å²) in [5.74, 6) is 0.626. The molecule has 0 unspecified atom stereocenters. The molecule has 1 saturated carbocycles. The predicted octanol–water partition coefficient (Wildman–Crippen LogP) is 3.59. The van der Waals surface area contributed by atoms with Crippen molar-refractivity contribution in [3.8, 4) is 0 Å². The molecular formula is C17H24ClNO2. The van der Waals surface area contributed by atoms with Crippen LogP contribution in [0, 0.1) is 5.92 Å². The van der Waals surface area contributed by atoms with E-state index in [0.29, 0.717) is 36.6 Å². The lowest BCUT2D eigenvalue weighted by Gasteiger charge is -2.28. The Morgan fingerprint density at radius 2 is 2.10 bits per heavy atom. The molecule has 116 valence electrons. The molecule has 0 aliphatic heterocycles. The lowest BCUT2D eigenvalue weighted by molar-refractivity contribution is -0.120. The fourth-order valence-electron chi connectivity index (χ4n) is 2.81. The Morgan fingerprint density at radius 1 is 1.33 bits per heavy atom. The Morgan fingerprint density at radius 3 is 2.86 bits per heavy atom. The minimum Gasteiger partial charge on any atom is -0.376 e. The third-order valence-corrected chi connectivity index (χ3v) is 4.47. The van der Waals surface area contributed by atoms with Crippen LogP contribution in [0.1, 0.15) is 38.2 Å². The summed E-state index contributed by atoms with van der Waals surface area (Å²) in [7, 11) is 0. The zero-order valence-electron chi connectivity index (χ0n) is 12.6. The number of carbonyl (C=O) groups excluding carboxylic acids is 1. The van der Waals surface area contributed by atoms with Crippen molar-refractivity contribution in [1.29, 1.82) is 0 Å². The molecule has 0 spiro atoms. The Labute approximate surface area is 132 Å². The maximum Gasteiger partial charge on any atom is 0.224 e. The summed E-state index contributed by atoms with van der Waals surface area (Å²) in [5.41, 5.74) is 0.860. The molecule has 0 heterocycles. The van der Waals surface area contributed by atoms with Gasteiger partial charge in [-0.1, -0.05) is 49.6 Å². The van der Waals surface area contributed by atoms with E-state index < -0.39 is 0 Å². The minimum atomic E-state index is -0.0107. The molecule has 1 aromatic carbocycles. The molecular weight excluding hydrogens is 286 g/mol. The summed E-state index contributed by atoms with van der Waals surface area (Å²) in [6.07, 6.45) is 5.65. The standard InChI is InChI=1S/C17H24ClNO2/c1-13-6-2-5-9-16(13)21-11-10-19-17(20)12-14-7-3-4-8-15(14)18/h3-4,7-8,13,16H,2,5-6,9-12H2,1H3,(H,19,20)/t13-,16-/m1/s1. The molecule has 0 bridgehead atoms. The number of rotatable bonds is 6. The monoisotopic (exact) mass is 309 g/mol. The molecule has 0 radical (unpaired) electrons. The number of hydrogen-bond acceptors (Lipinski definition) is 2. The smallest absolute Gasteiger partial charge is 0.224 e. The minimum absolute atomic E-state index is 0.0107. The van der Waals surface area contributed by atoms with Crippen LogP contribution in [-0.2, 0) is 16.0 Å². The topological polar surface area (TPSA) is 38.3 Å². The van der Waals surface area contributed by atoms with Gasteiger partial charge in [0, 0.05) is 11.6 Å². The molecule has 2 atom stereocenters. The van der Waals surface area contributed by atoms with Crippen LogP contribution in [0.5, 0.6) is 0 Å². The molecule has 4 heteroatoms. The summed E-state index contributed by atoms with van der Waals surface area (Å²) < 4.78 is 5.88. The first-order chi connectivity index (χ1) is 10.2. The number of amides is 1. The van der Waals surface area contributed by atoms with E-state index >= 15 is 0 Å². The number of benzene rings is 1. The Hall–Kier alpha value is -1.06. The zero-order valence-corrected chi connectivity index (χ0v) is 13.4. The first-order valence-electron chi connectivity index (χ1n) is 7.78. The van der Waals surface area contributed by atoms with Crippen LogP contribution in [0.2, 0.25) is 5.02 Å². The van der Waals surface area contributed by atoms with Gasteiger partial charge in [-0.2, -0.15) is 0 Å². The van der Waals surface area contributed by atoms with Gasteiger partial charge in [-0.15, -0.1) is 0 Å². The van der Waals surface area contributed by atoms with Crippen molar-refractivity contribution < 1.29 is 9.53 Å². The molecule has 3 nitrogen and oxygen atoms in total. The number of hydrogen-bond donors (Lipinski definition) is 1. The highest BCUT2D eigenvalue weighted by atomic mass is 35.5. The zero-order chi connectivity index (χ0) is 15.1. The van der Waals surface area contributed by atoms with Gasteiger partial charge >= 0.3 is 0 Å². The van der Waals surface area contributed by atoms with E-state index in [2.05, 4.69) is 12.2 Å². The second-order valence-electron chi connectivity index (χ2n) is 5.79. The van der Waals surface area contributed by atoms with E-state index in [1.165, 1.54) is 19.3 Å². The van der Waals surface area contributed by atoms with Crippen LogP contribution in [0.3, 0.4) is 0 Å². The fraction of sp³-hybridized carbons (Fsp3) is 0.588. The van der Waals surface area contributed by atoms with Gasteiger partial charge in [0.05, 0.1) is 19.1 Å². The highest BCUT2D eigenvalue weighted by molar-refractivity contribution is 6.31. The average molecular weight is 310 g/mol. The number of carbonyl (C=O) groups is 1. The Kier molecular flexibility index (Phi) is 6.52. The first kappa shape index (κ1) is 16.3. The van der Waals surface area contributed by atoms with Crippen LogP contribution in [0.4, 0.5) is 0 Å². The molecule has 1 amide bonds. The van der Waals surface area contributed by atoms with E-state index in [1.807, 2.05) is 18.2 Å². The summed E-state index contributed by atoms with van der Waals surface area (Å²) >= 11 is 6.04.